The number of thiocarbonyl (C=S) groups is 1. The van der Waals surface area contributed by atoms with Gasteiger partial charge < -0.3 is 25.0 Å². The predicted molar refractivity (Wildman–Crippen MR) is 156 cm³/mol. The Morgan fingerprint density at radius 3 is 2.51 bits per heavy atom. The van der Waals surface area contributed by atoms with Crippen LogP contribution in [0.15, 0.2) is 73.2 Å². The molecule has 0 spiro atoms. The number of aryl methyl sites for hydroxylation is 1. The lowest BCUT2D eigenvalue weighted by Gasteiger charge is -2.36. The Morgan fingerprint density at radius 2 is 1.86 bits per heavy atom. The number of anilines is 3. The second kappa shape index (κ2) is 11.3. The van der Waals surface area contributed by atoms with E-state index in [1.807, 2.05) is 29.3 Å². The van der Waals surface area contributed by atoms with Crippen LogP contribution in [0, 0.1) is 6.92 Å². The Labute approximate surface area is 230 Å². The van der Waals surface area contributed by atoms with Crippen LogP contribution in [0.4, 0.5) is 17.1 Å². The van der Waals surface area contributed by atoms with Gasteiger partial charge >= 0.3 is 0 Å². The van der Waals surface area contributed by atoms with Gasteiger partial charge in [0.05, 0.1) is 27.8 Å². The molecule has 3 heterocycles. The van der Waals surface area contributed by atoms with E-state index in [1.165, 1.54) is 11.3 Å². The van der Waals surface area contributed by atoms with Crippen LogP contribution in [0.2, 0.25) is 4.34 Å². The van der Waals surface area contributed by atoms with Gasteiger partial charge in [-0.2, -0.15) is 0 Å². The summed E-state index contributed by atoms with van der Waals surface area (Å²) < 4.78 is 0.636. The van der Waals surface area contributed by atoms with Gasteiger partial charge in [-0.3, -0.25) is 4.79 Å². The van der Waals surface area contributed by atoms with Crippen LogP contribution < -0.4 is 15.1 Å². The number of H-pyrrole nitrogens is 1. The third kappa shape index (κ3) is 5.95. The Kier molecular flexibility index (Phi) is 7.73. The average Bonchev–Trinajstić information content (AvgIpc) is 3.60. The van der Waals surface area contributed by atoms with Gasteiger partial charge in [-0.15, -0.1) is 11.3 Å². The Bertz CT molecular complexity index is 1360. The molecule has 37 heavy (non-hydrogen) atoms. The topological polar surface area (TPSA) is 67.5 Å². The number of hydrogen-bond acceptors (Lipinski definition) is 5. The molecular formula is C27H27ClN6OS2. The number of benzene rings is 2. The Hall–Kier alpha value is -3.40. The molecule has 0 unspecified atom stereocenters. The van der Waals surface area contributed by atoms with Gasteiger partial charge in [0.25, 0.3) is 5.91 Å². The van der Waals surface area contributed by atoms with Crippen LogP contribution in [0.5, 0.6) is 0 Å². The van der Waals surface area contributed by atoms with Crippen molar-refractivity contribution in [2.75, 3.05) is 41.3 Å². The molecule has 10 heteroatoms. The number of amides is 1. The number of halogens is 1. The van der Waals surface area contributed by atoms with Crippen molar-refractivity contribution in [1.29, 1.82) is 0 Å². The maximum absolute atomic E-state index is 12.8. The number of piperazine rings is 1. The number of imidazole rings is 1. The fourth-order valence-corrected chi connectivity index (χ4v) is 5.60. The molecule has 2 aromatic carbocycles. The van der Waals surface area contributed by atoms with Crippen molar-refractivity contribution >= 4 is 63.2 Å². The van der Waals surface area contributed by atoms with E-state index >= 15 is 0 Å². The first kappa shape index (κ1) is 25.3. The first-order valence-corrected chi connectivity index (χ1v) is 13.6. The first-order chi connectivity index (χ1) is 18.0. The SMILES string of the molecule is Cc1ccccc1NC(=S)N(Cc1cnc[nH]1)c1ccc(N2CCN(C(=O)c3ccc(Cl)s3)CC2)cc1. The highest BCUT2D eigenvalue weighted by Crippen LogP contribution is 2.26. The molecule has 7 nitrogen and oxygen atoms in total. The molecule has 0 radical (unpaired) electrons. The highest BCUT2D eigenvalue weighted by molar-refractivity contribution is 7.80. The van der Waals surface area contributed by atoms with Gasteiger partial charge in [-0.25, -0.2) is 4.98 Å². The Morgan fingerprint density at radius 1 is 1.11 bits per heavy atom. The first-order valence-electron chi connectivity index (χ1n) is 12.0. The zero-order valence-corrected chi connectivity index (χ0v) is 22.7. The van der Waals surface area contributed by atoms with Crippen molar-refractivity contribution in [1.82, 2.24) is 14.9 Å². The summed E-state index contributed by atoms with van der Waals surface area (Å²) in [6.45, 7) is 5.51. The smallest absolute Gasteiger partial charge is 0.264 e. The summed E-state index contributed by atoms with van der Waals surface area (Å²) in [5, 5.41) is 4.01. The van der Waals surface area contributed by atoms with Gasteiger partial charge in [-0.05, 0) is 67.2 Å². The second-order valence-electron chi connectivity index (χ2n) is 8.81. The zero-order chi connectivity index (χ0) is 25.8. The minimum absolute atomic E-state index is 0.0519. The molecule has 1 aliphatic rings. The van der Waals surface area contributed by atoms with Gasteiger partial charge in [0.2, 0.25) is 0 Å². The third-order valence-corrected chi connectivity index (χ3v) is 7.93. The number of carbonyl (C=O) groups is 1. The number of nitrogens with one attached hydrogen (secondary N) is 2. The van der Waals surface area contributed by atoms with E-state index in [4.69, 9.17) is 23.8 Å². The minimum atomic E-state index is 0.0519. The molecule has 1 fully saturated rings. The number of thiophene rings is 1. The van der Waals surface area contributed by atoms with E-state index in [1.54, 1.807) is 18.5 Å². The van der Waals surface area contributed by atoms with Crippen LogP contribution in [0.25, 0.3) is 0 Å². The largest absolute Gasteiger partial charge is 0.368 e. The van der Waals surface area contributed by atoms with Crippen molar-refractivity contribution in [3.8, 4) is 0 Å². The normalized spacial score (nSPS) is 13.5. The molecule has 2 aromatic heterocycles. The molecular weight excluding hydrogens is 524 g/mol. The molecule has 0 bridgehead atoms. The fraction of sp³-hybridized carbons (Fsp3) is 0.222. The maximum Gasteiger partial charge on any atom is 0.264 e. The summed E-state index contributed by atoms with van der Waals surface area (Å²) >= 11 is 13.2. The highest BCUT2D eigenvalue weighted by atomic mass is 35.5. The molecule has 0 aliphatic carbocycles. The van der Waals surface area contributed by atoms with E-state index in [2.05, 4.69) is 62.3 Å². The van der Waals surface area contributed by atoms with E-state index in [0.717, 1.165) is 41.4 Å². The number of para-hydroxylation sites is 1. The lowest BCUT2D eigenvalue weighted by Crippen LogP contribution is -2.48. The fourth-order valence-electron chi connectivity index (χ4n) is 4.31. The quantitative estimate of drug-likeness (QED) is 0.296. The Balaban J connectivity index is 1.27. The van der Waals surface area contributed by atoms with Crippen molar-refractivity contribution in [3.63, 3.8) is 0 Å². The standard InChI is InChI=1S/C27H27ClN6OS2/c1-19-4-2-3-5-23(19)31-27(36)34(17-20-16-29-18-30-20)22-8-6-21(7-9-22)32-12-14-33(15-13-32)26(35)24-10-11-25(28)37-24/h2-11,16,18H,12-15,17H2,1H3,(H,29,30)(H,31,36). The lowest BCUT2D eigenvalue weighted by molar-refractivity contribution is 0.0751. The molecule has 0 atom stereocenters. The van der Waals surface area contributed by atoms with Crippen molar-refractivity contribution in [2.24, 2.45) is 0 Å². The predicted octanol–water partition coefficient (Wildman–Crippen LogP) is 5.80. The zero-order valence-electron chi connectivity index (χ0n) is 20.4. The van der Waals surface area contributed by atoms with Crippen LogP contribution in [-0.4, -0.2) is 52.1 Å². The van der Waals surface area contributed by atoms with E-state index < -0.39 is 0 Å². The van der Waals surface area contributed by atoms with Crippen LogP contribution >= 0.6 is 35.2 Å². The summed E-state index contributed by atoms with van der Waals surface area (Å²) in [7, 11) is 0. The number of aromatic nitrogens is 2. The van der Waals surface area contributed by atoms with Gasteiger partial charge in [0.15, 0.2) is 5.11 Å². The molecule has 4 aromatic rings. The molecule has 0 saturated carbocycles. The number of hydrogen-bond donors (Lipinski definition) is 2. The number of aromatic amines is 1. The third-order valence-electron chi connectivity index (χ3n) is 6.39. The summed E-state index contributed by atoms with van der Waals surface area (Å²) in [6.07, 6.45) is 3.48. The van der Waals surface area contributed by atoms with Gasteiger partial charge in [-0.1, -0.05) is 29.8 Å². The van der Waals surface area contributed by atoms with E-state index in [-0.39, 0.29) is 5.91 Å². The van der Waals surface area contributed by atoms with Crippen molar-refractivity contribution < 1.29 is 4.79 Å². The minimum Gasteiger partial charge on any atom is -0.368 e. The number of rotatable bonds is 6. The molecule has 190 valence electrons. The monoisotopic (exact) mass is 550 g/mol. The molecule has 1 aliphatic heterocycles. The van der Waals surface area contributed by atoms with Gasteiger partial charge in [0, 0.05) is 49.4 Å². The summed E-state index contributed by atoms with van der Waals surface area (Å²) in [6, 6.07) is 20.1. The van der Waals surface area contributed by atoms with Crippen LogP contribution in [0.1, 0.15) is 20.9 Å². The second-order valence-corrected chi connectivity index (χ2v) is 10.9. The lowest BCUT2D eigenvalue weighted by atomic mass is 10.2. The summed E-state index contributed by atoms with van der Waals surface area (Å²) in [5.74, 6) is 0.0519. The van der Waals surface area contributed by atoms with Crippen LogP contribution in [-0.2, 0) is 6.54 Å². The average molecular weight is 551 g/mol. The molecule has 2 N–H and O–H groups in total. The molecule has 1 saturated heterocycles. The van der Waals surface area contributed by atoms with E-state index in [9.17, 15) is 4.79 Å². The van der Waals surface area contributed by atoms with Crippen molar-refractivity contribution in [3.05, 3.63) is 93.7 Å². The van der Waals surface area contributed by atoms with Crippen LogP contribution in [0.3, 0.4) is 0 Å². The number of nitrogens with zero attached hydrogens (tertiary/aromatic N) is 4. The highest BCUT2D eigenvalue weighted by Gasteiger charge is 2.24. The molecule has 1 amide bonds. The summed E-state index contributed by atoms with van der Waals surface area (Å²) in [5.41, 5.74) is 5.17. The van der Waals surface area contributed by atoms with E-state index in [0.29, 0.717) is 34.0 Å². The number of carbonyl (C=O) groups excluding carboxylic acids is 1. The van der Waals surface area contributed by atoms with Gasteiger partial charge in [0.1, 0.15) is 0 Å². The summed E-state index contributed by atoms with van der Waals surface area (Å²) in [4.78, 5) is 27.0. The molecule has 5 rings (SSSR count). The maximum atomic E-state index is 12.8. The van der Waals surface area contributed by atoms with Crippen molar-refractivity contribution in [2.45, 2.75) is 13.5 Å².